The van der Waals surface area contributed by atoms with Crippen molar-refractivity contribution in [2.75, 3.05) is 13.2 Å². The van der Waals surface area contributed by atoms with Crippen molar-refractivity contribution in [3.8, 4) is 0 Å². The normalized spacial score (nSPS) is 16.3. The number of fused-ring (bicyclic) bond motifs is 3. The van der Waals surface area contributed by atoms with E-state index in [0.717, 1.165) is 42.9 Å². The molecule has 1 N–H and O–H groups in total. The maximum atomic E-state index is 5.49. The van der Waals surface area contributed by atoms with Gasteiger partial charge < -0.3 is 9.72 Å². The molecule has 3 nitrogen and oxygen atoms in total. The van der Waals surface area contributed by atoms with Crippen LogP contribution in [-0.2, 0) is 17.6 Å². The van der Waals surface area contributed by atoms with Gasteiger partial charge in [0.25, 0.3) is 0 Å². The summed E-state index contributed by atoms with van der Waals surface area (Å²) in [6.45, 7) is 3.65. The van der Waals surface area contributed by atoms with Crippen molar-refractivity contribution < 1.29 is 4.74 Å². The Kier molecular flexibility index (Phi) is 1.99. The number of nitrogens with one attached hydrogen (secondary N) is 1. The van der Waals surface area contributed by atoms with Crippen LogP contribution in [-0.4, -0.2) is 23.2 Å². The van der Waals surface area contributed by atoms with Crippen LogP contribution < -0.4 is 0 Å². The molecule has 0 unspecified atom stereocenters. The lowest BCUT2D eigenvalue weighted by molar-refractivity contribution is 0.146. The van der Waals surface area contributed by atoms with Gasteiger partial charge in [0.15, 0.2) is 0 Å². The number of H-pyrrole nitrogens is 1. The topological polar surface area (TPSA) is 37.9 Å². The first-order chi connectivity index (χ1) is 7.34. The second-order valence-corrected chi connectivity index (χ2v) is 4.03. The van der Waals surface area contributed by atoms with Gasteiger partial charge in [-0.1, -0.05) is 6.07 Å². The highest BCUT2D eigenvalue weighted by Gasteiger charge is 2.13. The summed E-state index contributed by atoms with van der Waals surface area (Å²) in [6.07, 6.45) is 1.99. The number of hydrogen-bond acceptors (Lipinski definition) is 2. The summed E-state index contributed by atoms with van der Waals surface area (Å²) in [7, 11) is 0. The third-order valence-electron chi connectivity index (χ3n) is 2.99. The van der Waals surface area contributed by atoms with Gasteiger partial charge in [-0.15, -0.1) is 0 Å². The first-order valence-corrected chi connectivity index (χ1v) is 5.39. The molecule has 0 bridgehead atoms. The Labute approximate surface area is 88.5 Å². The highest BCUT2D eigenvalue weighted by Crippen LogP contribution is 2.23. The highest BCUT2D eigenvalue weighted by atomic mass is 16.5. The van der Waals surface area contributed by atoms with E-state index >= 15 is 0 Å². The van der Waals surface area contributed by atoms with Crippen LogP contribution in [0.25, 0.3) is 11.0 Å². The number of aryl methyl sites for hydroxylation is 1. The van der Waals surface area contributed by atoms with E-state index in [1.54, 1.807) is 0 Å². The summed E-state index contributed by atoms with van der Waals surface area (Å²) < 4.78 is 5.49. The van der Waals surface area contributed by atoms with Crippen LogP contribution in [0.3, 0.4) is 0 Å². The largest absolute Gasteiger partial charge is 0.381 e. The van der Waals surface area contributed by atoms with Crippen LogP contribution in [0.1, 0.15) is 17.0 Å². The molecule has 3 heteroatoms. The molecule has 1 aromatic heterocycles. The van der Waals surface area contributed by atoms with Crippen molar-refractivity contribution >= 4 is 11.0 Å². The van der Waals surface area contributed by atoms with Crippen molar-refractivity contribution in [2.24, 2.45) is 0 Å². The average Bonchev–Trinajstić information content (AvgIpc) is 2.48. The van der Waals surface area contributed by atoms with E-state index in [1.165, 1.54) is 11.1 Å². The van der Waals surface area contributed by atoms with Gasteiger partial charge >= 0.3 is 0 Å². The molecule has 1 aliphatic heterocycles. The molecule has 0 atom stereocenters. The SMILES string of the molecule is Cc1nc2c3c(ccc2[nH]1)CCOCC3. The summed E-state index contributed by atoms with van der Waals surface area (Å²) in [5.74, 6) is 0.989. The van der Waals surface area contributed by atoms with Gasteiger partial charge in [0.1, 0.15) is 5.82 Å². The summed E-state index contributed by atoms with van der Waals surface area (Å²) >= 11 is 0. The molecule has 0 spiro atoms. The van der Waals surface area contributed by atoms with Gasteiger partial charge in [0.05, 0.1) is 24.2 Å². The van der Waals surface area contributed by atoms with Gasteiger partial charge in [0.2, 0.25) is 0 Å². The lowest BCUT2D eigenvalue weighted by Crippen LogP contribution is -1.95. The van der Waals surface area contributed by atoms with Gasteiger partial charge in [-0.2, -0.15) is 0 Å². The number of benzene rings is 1. The molecule has 1 aromatic carbocycles. The zero-order valence-electron chi connectivity index (χ0n) is 8.84. The molecule has 15 heavy (non-hydrogen) atoms. The Morgan fingerprint density at radius 3 is 3.07 bits per heavy atom. The minimum absolute atomic E-state index is 0.817. The van der Waals surface area contributed by atoms with Crippen LogP contribution in [0.4, 0.5) is 0 Å². The Balaban J connectivity index is 2.26. The number of ether oxygens (including phenoxy) is 1. The van der Waals surface area contributed by atoms with Crippen molar-refractivity contribution in [3.63, 3.8) is 0 Å². The van der Waals surface area contributed by atoms with Gasteiger partial charge in [-0.3, -0.25) is 0 Å². The fourth-order valence-corrected chi connectivity index (χ4v) is 2.27. The van der Waals surface area contributed by atoms with E-state index in [0.29, 0.717) is 0 Å². The van der Waals surface area contributed by atoms with E-state index in [4.69, 9.17) is 4.74 Å². The predicted octanol–water partition coefficient (Wildman–Crippen LogP) is 1.99. The molecule has 78 valence electrons. The minimum Gasteiger partial charge on any atom is -0.381 e. The van der Waals surface area contributed by atoms with Crippen molar-refractivity contribution in [3.05, 3.63) is 29.1 Å². The molecule has 2 heterocycles. The average molecular weight is 202 g/mol. The second kappa shape index (κ2) is 3.35. The summed E-state index contributed by atoms with van der Waals surface area (Å²) in [5.41, 5.74) is 5.05. The summed E-state index contributed by atoms with van der Waals surface area (Å²) in [6, 6.07) is 4.32. The Hall–Kier alpha value is -1.35. The lowest BCUT2D eigenvalue weighted by Gasteiger charge is -2.04. The minimum atomic E-state index is 0.817. The van der Waals surface area contributed by atoms with Crippen molar-refractivity contribution in [1.29, 1.82) is 0 Å². The third kappa shape index (κ3) is 1.43. The van der Waals surface area contributed by atoms with E-state index < -0.39 is 0 Å². The van der Waals surface area contributed by atoms with Crippen molar-refractivity contribution in [2.45, 2.75) is 19.8 Å². The molecule has 0 fully saturated rings. The molecule has 0 radical (unpaired) electrons. The van der Waals surface area contributed by atoms with Gasteiger partial charge in [-0.05, 0) is 37.0 Å². The van der Waals surface area contributed by atoms with E-state index in [1.807, 2.05) is 6.92 Å². The van der Waals surface area contributed by atoms with Gasteiger partial charge in [0, 0.05) is 0 Å². The monoisotopic (exact) mass is 202 g/mol. The second-order valence-electron chi connectivity index (χ2n) is 4.03. The summed E-state index contributed by atoms with van der Waals surface area (Å²) in [5, 5.41) is 0. The molecule has 3 rings (SSSR count). The van der Waals surface area contributed by atoms with E-state index in [-0.39, 0.29) is 0 Å². The molecule has 1 aliphatic rings. The van der Waals surface area contributed by atoms with Crippen LogP contribution in [0.15, 0.2) is 12.1 Å². The standard InChI is InChI=1S/C12H14N2O/c1-8-13-11-3-2-9-4-6-15-7-5-10(9)12(11)14-8/h2-3H,4-7H2,1H3,(H,13,14). The maximum absolute atomic E-state index is 5.49. The van der Waals surface area contributed by atoms with Crippen LogP contribution in [0.5, 0.6) is 0 Å². The van der Waals surface area contributed by atoms with Crippen LogP contribution >= 0.6 is 0 Å². The maximum Gasteiger partial charge on any atom is 0.104 e. The quantitative estimate of drug-likeness (QED) is 0.709. The van der Waals surface area contributed by atoms with Crippen molar-refractivity contribution in [1.82, 2.24) is 9.97 Å². The lowest BCUT2D eigenvalue weighted by atomic mass is 10.0. The zero-order valence-corrected chi connectivity index (χ0v) is 8.84. The molecule has 2 aromatic rings. The molecule has 0 aliphatic carbocycles. The number of imidazole rings is 1. The van der Waals surface area contributed by atoms with Crippen LogP contribution in [0.2, 0.25) is 0 Å². The molecule has 0 saturated heterocycles. The number of aromatic amines is 1. The molecule has 0 amide bonds. The summed E-state index contributed by atoms with van der Waals surface area (Å²) in [4.78, 5) is 7.83. The third-order valence-corrected chi connectivity index (χ3v) is 2.99. The van der Waals surface area contributed by atoms with Gasteiger partial charge in [-0.25, -0.2) is 4.98 Å². The Bertz CT molecular complexity index is 502. The number of nitrogens with zero attached hydrogens (tertiary/aromatic N) is 1. The predicted molar refractivity (Wildman–Crippen MR) is 59.1 cm³/mol. The smallest absolute Gasteiger partial charge is 0.104 e. The number of hydrogen-bond donors (Lipinski definition) is 1. The Morgan fingerprint density at radius 2 is 2.13 bits per heavy atom. The van der Waals surface area contributed by atoms with E-state index in [9.17, 15) is 0 Å². The number of aromatic nitrogens is 2. The number of rotatable bonds is 0. The molecular formula is C12H14N2O. The first-order valence-electron chi connectivity index (χ1n) is 5.39. The first kappa shape index (κ1) is 8.92. The molecule has 0 saturated carbocycles. The highest BCUT2D eigenvalue weighted by molar-refractivity contribution is 5.80. The zero-order chi connectivity index (χ0) is 10.3. The fourth-order valence-electron chi connectivity index (χ4n) is 2.27. The Morgan fingerprint density at radius 1 is 1.27 bits per heavy atom. The molecular weight excluding hydrogens is 188 g/mol. The van der Waals surface area contributed by atoms with E-state index in [2.05, 4.69) is 22.1 Å². The van der Waals surface area contributed by atoms with Crippen LogP contribution in [0, 0.1) is 6.92 Å². The fraction of sp³-hybridized carbons (Fsp3) is 0.417.